The average Bonchev–Trinajstić information content (AvgIpc) is 3.22. The van der Waals surface area contributed by atoms with Crippen LogP contribution in [0.5, 0.6) is 5.75 Å². The van der Waals surface area contributed by atoms with Crippen molar-refractivity contribution < 1.29 is 9.47 Å². The van der Waals surface area contributed by atoms with Gasteiger partial charge >= 0.3 is 0 Å². The summed E-state index contributed by atoms with van der Waals surface area (Å²) in [7, 11) is 3.50. The number of para-hydroxylation sites is 1. The zero-order chi connectivity index (χ0) is 12.8. The van der Waals surface area contributed by atoms with Crippen LogP contribution in [0.4, 0.5) is 0 Å². The molecule has 0 aromatic heterocycles. The van der Waals surface area contributed by atoms with Crippen molar-refractivity contribution in [3.8, 4) is 5.75 Å². The van der Waals surface area contributed by atoms with E-state index in [4.69, 9.17) is 9.47 Å². The van der Waals surface area contributed by atoms with Crippen molar-refractivity contribution in [1.29, 1.82) is 0 Å². The van der Waals surface area contributed by atoms with Crippen LogP contribution >= 0.6 is 0 Å². The zero-order valence-electron chi connectivity index (χ0n) is 11.3. The number of hydrogen-bond donors (Lipinski definition) is 1. The summed E-state index contributed by atoms with van der Waals surface area (Å²) in [5, 5.41) is 3.60. The summed E-state index contributed by atoms with van der Waals surface area (Å²) in [4.78, 5) is 0. The third kappa shape index (κ3) is 3.72. The quantitative estimate of drug-likeness (QED) is 0.766. The minimum Gasteiger partial charge on any atom is -0.496 e. The lowest BCUT2D eigenvalue weighted by molar-refractivity contribution is 0.158. The van der Waals surface area contributed by atoms with Crippen molar-refractivity contribution >= 4 is 0 Å². The van der Waals surface area contributed by atoms with Crippen LogP contribution in [0.15, 0.2) is 24.3 Å². The molecule has 18 heavy (non-hydrogen) atoms. The fraction of sp³-hybridized carbons (Fsp3) is 0.600. The van der Waals surface area contributed by atoms with Crippen LogP contribution in [-0.2, 0) is 11.2 Å². The van der Waals surface area contributed by atoms with Gasteiger partial charge in [0.1, 0.15) is 5.75 Å². The minimum absolute atomic E-state index is 0.518. The molecule has 0 aliphatic heterocycles. The molecule has 1 aromatic carbocycles. The smallest absolute Gasteiger partial charge is 0.122 e. The Morgan fingerprint density at radius 2 is 2.06 bits per heavy atom. The number of methoxy groups -OCH3 is 2. The molecule has 1 N–H and O–H groups in total. The summed E-state index contributed by atoms with van der Waals surface area (Å²) >= 11 is 0. The monoisotopic (exact) mass is 249 g/mol. The van der Waals surface area contributed by atoms with Crippen molar-refractivity contribution in [2.75, 3.05) is 27.4 Å². The van der Waals surface area contributed by atoms with Crippen molar-refractivity contribution in [3.63, 3.8) is 0 Å². The van der Waals surface area contributed by atoms with Gasteiger partial charge in [-0.15, -0.1) is 0 Å². The molecule has 1 atom stereocenters. The first-order valence-electron chi connectivity index (χ1n) is 6.69. The molecule has 0 heterocycles. The number of benzene rings is 1. The van der Waals surface area contributed by atoms with Crippen LogP contribution in [0.3, 0.4) is 0 Å². The van der Waals surface area contributed by atoms with Crippen LogP contribution in [0.1, 0.15) is 18.4 Å². The average molecular weight is 249 g/mol. The molecule has 0 spiro atoms. The molecule has 2 rings (SSSR count). The number of ether oxygens (including phenoxy) is 2. The predicted octanol–water partition coefficient (Wildman–Crippen LogP) is 2.25. The largest absolute Gasteiger partial charge is 0.496 e. The van der Waals surface area contributed by atoms with Gasteiger partial charge in [-0.3, -0.25) is 0 Å². The Bertz CT molecular complexity index is 363. The van der Waals surface area contributed by atoms with E-state index in [0.717, 1.165) is 31.2 Å². The highest BCUT2D eigenvalue weighted by Crippen LogP contribution is 2.32. The Morgan fingerprint density at radius 1 is 1.28 bits per heavy atom. The lowest BCUT2D eigenvalue weighted by Crippen LogP contribution is -2.36. The molecule has 1 unspecified atom stereocenters. The summed E-state index contributed by atoms with van der Waals surface area (Å²) in [6.45, 7) is 1.79. The Balaban J connectivity index is 1.79. The van der Waals surface area contributed by atoms with Crippen LogP contribution < -0.4 is 10.1 Å². The number of hydrogen-bond acceptors (Lipinski definition) is 3. The van der Waals surface area contributed by atoms with Gasteiger partial charge in [0.25, 0.3) is 0 Å². The lowest BCUT2D eigenvalue weighted by atomic mass is 10.1. The summed E-state index contributed by atoms with van der Waals surface area (Å²) in [6, 6.07) is 8.73. The van der Waals surface area contributed by atoms with Gasteiger partial charge in [0.05, 0.1) is 13.7 Å². The van der Waals surface area contributed by atoms with E-state index in [9.17, 15) is 0 Å². The fourth-order valence-electron chi connectivity index (χ4n) is 2.34. The maximum Gasteiger partial charge on any atom is 0.122 e. The maximum atomic E-state index is 5.36. The van der Waals surface area contributed by atoms with Crippen LogP contribution in [0, 0.1) is 5.92 Å². The van der Waals surface area contributed by atoms with Gasteiger partial charge in [0.2, 0.25) is 0 Å². The van der Waals surface area contributed by atoms with E-state index in [2.05, 4.69) is 17.4 Å². The van der Waals surface area contributed by atoms with E-state index < -0.39 is 0 Å². The fourth-order valence-corrected chi connectivity index (χ4v) is 2.34. The molecule has 1 aromatic rings. The second-order valence-electron chi connectivity index (χ2n) is 4.92. The van der Waals surface area contributed by atoms with Gasteiger partial charge in [-0.05, 0) is 43.4 Å². The molecule has 100 valence electrons. The minimum atomic E-state index is 0.518. The third-order valence-corrected chi connectivity index (χ3v) is 3.53. The highest BCUT2D eigenvalue weighted by atomic mass is 16.5. The van der Waals surface area contributed by atoms with Crippen molar-refractivity contribution in [2.24, 2.45) is 5.92 Å². The summed E-state index contributed by atoms with van der Waals surface area (Å²) in [5.74, 6) is 1.80. The maximum absolute atomic E-state index is 5.36. The predicted molar refractivity (Wildman–Crippen MR) is 73.1 cm³/mol. The molecule has 1 aliphatic carbocycles. The van der Waals surface area contributed by atoms with Gasteiger partial charge < -0.3 is 14.8 Å². The molecular formula is C15H23NO2. The first-order valence-corrected chi connectivity index (χ1v) is 6.69. The molecule has 0 bridgehead atoms. The molecule has 0 saturated heterocycles. The molecule has 1 saturated carbocycles. The van der Waals surface area contributed by atoms with E-state index in [1.807, 2.05) is 12.1 Å². The number of nitrogens with one attached hydrogen (secondary N) is 1. The number of rotatable bonds is 8. The lowest BCUT2D eigenvalue weighted by Gasteiger charge is -2.17. The van der Waals surface area contributed by atoms with E-state index in [-0.39, 0.29) is 0 Å². The molecule has 3 heteroatoms. The molecule has 0 amide bonds. The molecule has 0 radical (unpaired) electrons. The van der Waals surface area contributed by atoms with Gasteiger partial charge in [-0.2, -0.15) is 0 Å². The summed E-state index contributed by atoms with van der Waals surface area (Å²) in [5.41, 5.74) is 1.26. The zero-order valence-corrected chi connectivity index (χ0v) is 11.3. The standard InChI is InChI=1S/C15H23NO2/c1-17-11-14(12-7-8-12)16-10-9-13-5-3-4-6-15(13)18-2/h3-6,12,14,16H,7-11H2,1-2H3. The normalized spacial score (nSPS) is 16.6. The second kappa shape index (κ2) is 6.76. The van der Waals surface area contributed by atoms with E-state index in [0.29, 0.717) is 6.04 Å². The van der Waals surface area contributed by atoms with Crippen LogP contribution in [-0.4, -0.2) is 33.4 Å². The second-order valence-corrected chi connectivity index (χ2v) is 4.92. The Morgan fingerprint density at radius 3 is 2.72 bits per heavy atom. The van der Waals surface area contributed by atoms with E-state index in [1.165, 1.54) is 18.4 Å². The van der Waals surface area contributed by atoms with Crippen LogP contribution in [0.2, 0.25) is 0 Å². The highest BCUT2D eigenvalue weighted by Gasteiger charge is 2.30. The summed E-state index contributed by atoms with van der Waals surface area (Å²) < 4.78 is 10.6. The van der Waals surface area contributed by atoms with Gasteiger partial charge in [0.15, 0.2) is 0 Å². The highest BCUT2D eigenvalue weighted by molar-refractivity contribution is 5.33. The van der Waals surface area contributed by atoms with E-state index >= 15 is 0 Å². The first kappa shape index (κ1) is 13.4. The SMILES string of the molecule is COCC(NCCc1ccccc1OC)C1CC1. The summed E-state index contributed by atoms with van der Waals surface area (Å²) in [6.07, 6.45) is 3.68. The van der Waals surface area contributed by atoms with Gasteiger partial charge in [-0.1, -0.05) is 18.2 Å². The topological polar surface area (TPSA) is 30.5 Å². The third-order valence-electron chi connectivity index (χ3n) is 3.53. The van der Waals surface area contributed by atoms with Gasteiger partial charge in [-0.25, -0.2) is 0 Å². The Hall–Kier alpha value is -1.06. The van der Waals surface area contributed by atoms with Crippen molar-refractivity contribution in [1.82, 2.24) is 5.32 Å². The molecule has 1 aliphatic rings. The molecular weight excluding hydrogens is 226 g/mol. The van der Waals surface area contributed by atoms with E-state index in [1.54, 1.807) is 14.2 Å². The molecule has 3 nitrogen and oxygen atoms in total. The van der Waals surface area contributed by atoms with Gasteiger partial charge in [0, 0.05) is 13.2 Å². The van der Waals surface area contributed by atoms with Crippen molar-refractivity contribution in [2.45, 2.75) is 25.3 Å². The van der Waals surface area contributed by atoms with Crippen molar-refractivity contribution in [3.05, 3.63) is 29.8 Å². The Kier molecular flexibility index (Phi) is 5.02. The molecule has 1 fully saturated rings. The Labute approximate surface area is 109 Å². The van der Waals surface area contributed by atoms with Crippen LogP contribution in [0.25, 0.3) is 0 Å². The first-order chi connectivity index (χ1) is 8.85.